The minimum Gasteiger partial charge on any atom is -0.350 e. The van der Waals surface area contributed by atoms with Crippen molar-refractivity contribution in [2.24, 2.45) is 0 Å². The molecule has 1 atom stereocenters. The molecule has 4 rings (SSSR count). The highest BCUT2D eigenvalue weighted by Gasteiger charge is 2.32. The Balaban J connectivity index is 1.54. The first-order valence-corrected chi connectivity index (χ1v) is 12.0. The second-order valence-electron chi connectivity index (χ2n) is 7.91. The summed E-state index contributed by atoms with van der Waals surface area (Å²) in [7, 11) is -3.10. The molecule has 0 spiro atoms. The van der Waals surface area contributed by atoms with E-state index in [1.807, 2.05) is 31.2 Å². The van der Waals surface area contributed by atoms with Crippen molar-refractivity contribution in [2.45, 2.75) is 25.8 Å². The van der Waals surface area contributed by atoms with E-state index >= 15 is 0 Å². The number of halogens is 1. The van der Waals surface area contributed by atoms with Crippen molar-refractivity contribution in [3.8, 4) is 11.3 Å². The molecule has 6 nitrogen and oxygen atoms in total. The van der Waals surface area contributed by atoms with E-state index in [-0.39, 0.29) is 35.0 Å². The van der Waals surface area contributed by atoms with Crippen LogP contribution in [0.1, 0.15) is 34.1 Å². The van der Waals surface area contributed by atoms with Crippen LogP contribution in [0.3, 0.4) is 0 Å². The second-order valence-corrected chi connectivity index (χ2v) is 10.1. The average molecular weight is 442 g/mol. The lowest BCUT2D eigenvalue weighted by Gasteiger charge is -2.13. The minimum atomic E-state index is -3.10. The molecule has 3 aromatic rings. The molecule has 2 heterocycles. The number of aromatic nitrogens is 2. The topological polar surface area (TPSA) is 81.1 Å². The third-order valence-corrected chi connectivity index (χ3v) is 7.23. The Morgan fingerprint density at radius 1 is 1.16 bits per heavy atom. The first kappa shape index (κ1) is 21.2. The van der Waals surface area contributed by atoms with Crippen molar-refractivity contribution in [3.63, 3.8) is 0 Å². The molecule has 0 bridgehead atoms. The van der Waals surface area contributed by atoms with Crippen LogP contribution in [0, 0.1) is 12.7 Å². The van der Waals surface area contributed by atoms with Crippen molar-refractivity contribution in [1.29, 1.82) is 0 Å². The predicted octanol–water partition coefficient (Wildman–Crippen LogP) is 3.33. The number of nitrogens with one attached hydrogen (secondary N) is 1. The molecule has 1 amide bonds. The van der Waals surface area contributed by atoms with Crippen LogP contribution in [-0.2, 0) is 16.3 Å². The van der Waals surface area contributed by atoms with Crippen LogP contribution >= 0.6 is 0 Å². The quantitative estimate of drug-likeness (QED) is 0.636. The van der Waals surface area contributed by atoms with E-state index in [1.54, 1.807) is 22.9 Å². The highest BCUT2D eigenvalue weighted by atomic mass is 32.2. The largest absolute Gasteiger partial charge is 0.350 e. The van der Waals surface area contributed by atoms with Gasteiger partial charge in [0, 0.05) is 6.54 Å². The monoisotopic (exact) mass is 441 g/mol. The number of carbonyl (C=O) groups excluding carboxylic acids is 1. The second kappa shape index (κ2) is 8.63. The van der Waals surface area contributed by atoms with Crippen LogP contribution in [0.5, 0.6) is 0 Å². The molecule has 162 valence electrons. The maximum Gasteiger partial charge on any atom is 0.271 e. The Labute approximate surface area is 181 Å². The highest BCUT2D eigenvalue weighted by Crippen LogP contribution is 2.30. The van der Waals surface area contributed by atoms with E-state index in [1.165, 1.54) is 12.1 Å². The van der Waals surface area contributed by atoms with Crippen LogP contribution < -0.4 is 5.32 Å². The number of aryl methyl sites for hydroxylation is 1. The lowest BCUT2D eigenvalue weighted by molar-refractivity contribution is 0.0948. The molecule has 1 fully saturated rings. The number of nitrogens with zero attached hydrogens (tertiary/aromatic N) is 2. The zero-order valence-corrected chi connectivity index (χ0v) is 18.0. The Kier molecular flexibility index (Phi) is 5.91. The van der Waals surface area contributed by atoms with E-state index in [0.717, 1.165) is 22.4 Å². The summed E-state index contributed by atoms with van der Waals surface area (Å²) < 4.78 is 38.7. The van der Waals surface area contributed by atoms with Crippen molar-refractivity contribution in [2.75, 3.05) is 18.1 Å². The first-order chi connectivity index (χ1) is 14.8. The zero-order valence-electron chi connectivity index (χ0n) is 17.2. The molecule has 0 radical (unpaired) electrons. The summed E-state index contributed by atoms with van der Waals surface area (Å²) >= 11 is 0. The Morgan fingerprint density at radius 3 is 2.52 bits per heavy atom. The summed E-state index contributed by atoms with van der Waals surface area (Å²) in [5.74, 6) is -0.463. The van der Waals surface area contributed by atoms with Gasteiger partial charge in [-0.1, -0.05) is 42.0 Å². The normalized spacial score (nSPS) is 17.5. The third-order valence-electron chi connectivity index (χ3n) is 5.48. The standard InChI is InChI=1S/C23H24FN3O3S/c1-16-2-6-18(7-3-16)22-14-21(26-27(22)20-11-13-31(29,30)15-20)23(28)25-12-10-17-4-8-19(24)9-5-17/h2-9,14,20H,10-13,15H2,1H3,(H,25,28)/t20-/m0/s1. The van der Waals surface area contributed by atoms with Crippen molar-refractivity contribution >= 4 is 15.7 Å². The van der Waals surface area contributed by atoms with Gasteiger partial charge in [0.05, 0.1) is 23.2 Å². The molecule has 1 aliphatic rings. The van der Waals surface area contributed by atoms with Crippen molar-refractivity contribution < 1.29 is 17.6 Å². The first-order valence-electron chi connectivity index (χ1n) is 10.2. The Bertz CT molecular complexity index is 1190. The third kappa shape index (κ3) is 5.02. The van der Waals surface area contributed by atoms with Gasteiger partial charge < -0.3 is 5.32 Å². The summed E-state index contributed by atoms with van der Waals surface area (Å²) in [5, 5.41) is 7.33. The SMILES string of the molecule is Cc1ccc(-c2cc(C(=O)NCCc3ccc(F)cc3)nn2[C@H]2CCS(=O)(=O)C2)cc1. The molecular formula is C23H24FN3O3S. The van der Waals surface area contributed by atoms with Crippen LogP contribution in [0.15, 0.2) is 54.6 Å². The van der Waals surface area contributed by atoms with E-state index in [9.17, 15) is 17.6 Å². The number of carbonyl (C=O) groups is 1. The Hall–Kier alpha value is -3.00. The number of hydrogen-bond acceptors (Lipinski definition) is 4. The number of benzene rings is 2. The summed E-state index contributed by atoms with van der Waals surface area (Å²) in [6.07, 6.45) is 1.05. The zero-order chi connectivity index (χ0) is 22.0. The van der Waals surface area contributed by atoms with Gasteiger partial charge in [-0.05, 0) is 49.1 Å². The molecule has 8 heteroatoms. The summed E-state index contributed by atoms with van der Waals surface area (Å²) in [6.45, 7) is 2.37. The lowest BCUT2D eigenvalue weighted by Crippen LogP contribution is -2.26. The molecule has 1 aliphatic heterocycles. The average Bonchev–Trinajstić information content (AvgIpc) is 3.33. The van der Waals surface area contributed by atoms with Gasteiger partial charge >= 0.3 is 0 Å². The number of hydrogen-bond donors (Lipinski definition) is 1. The molecule has 2 aromatic carbocycles. The van der Waals surface area contributed by atoms with Crippen molar-refractivity contribution in [1.82, 2.24) is 15.1 Å². The van der Waals surface area contributed by atoms with E-state index in [2.05, 4.69) is 10.4 Å². The van der Waals surface area contributed by atoms with E-state index in [0.29, 0.717) is 19.4 Å². The van der Waals surface area contributed by atoms with Gasteiger partial charge in [0.15, 0.2) is 15.5 Å². The summed E-state index contributed by atoms with van der Waals surface area (Å²) in [5.41, 5.74) is 3.89. The van der Waals surface area contributed by atoms with Gasteiger partial charge in [-0.15, -0.1) is 0 Å². The van der Waals surface area contributed by atoms with Crippen LogP contribution in [0.25, 0.3) is 11.3 Å². The molecule has 1 N–H and O–H groups in total. The van der Waals surface area contributed by atoms with Gasteiger partial charge in [-0.2, -0.15) is 5.10 Å². The smallest absolute Gasteiger partial charge is 0.271 e. The molecule has 0 aliphatic carbocycles. The van der Waals surface area contributed by atoms with Gasteiger partial charge in [0.2, 0.25) is 0 Å². The molecule has 1 saturated heterocycles. The minimum absolute atomic E-state index is 0.0270. The summed E-state index contributed by atoms with van der Waals surface area (Å²) in [4.78, 5) is 12.7. The molecule has 0 saturated carbocycles. The van der Waals surface area contributed by atoms with Gasteiger partial charge in [-0.25, -0.2) is 12.8 Å². The van der Waals surface area contributed by atoms with Gasteiger partial charge in [-0.3, -0.25) is 9.48 Å². The maximum atomic E-state index is 13.0. The predicted molar refractivity (Wildman–Crippen MR) is 117 cm³/mol. The number of amides is 1. The molecular weight excluding hydrogens is 417 g/mol. The fourth-order valence-electron chi connectivity index (χ4n) is 3.75. The maximum absolute atomic E-state index is 13.0. The molecule has 1 aromatic heterocycles. The Morgan fingerprint density at radius 2 is 1.87 bits per heavy atom. The van der Waals surface area contributed by atoms with Crippen LogP contribution in [-0.4, -0.2) is 42.2 Å². The number of sulfone groups is 1. The fraction of sp³-hybridized carbons (Fsp3) is 0.304. The van der Waals surface area contributed by atoms with Gasteiger partial charge in [0.1, 0.15) is 5.82 Å². The van der Waals surface area contributed by atoms with Crippen LogP contribution in [0.2, 0.25) is 0 Å². The molecule has 31 heavy (non-hydrogen) atoms. The lowest BCUT2D eigenvalue weighted by atomic mass is 10.1. The highest BCUT2D eigenvalue weighted by molar-refractivity contribution is 7.91. The number of rotatable bonds is 6. The van der Waals surface area contributed by atoms with Crippen LogP contribution in [0.4, 0.5) is 4.39 Å². The van der Waals surface area contributed by atoms with Crippen molar-refractivity contribution in [3.05, 3.63) is 77.2 Å². The van der Waals surface area contributed by atoms with E-state index in [4.69, 9.17) is 0 Å². The summed E-state index contributed by atoms with van der Waals surface area (Å²) in [6, 6.07) is 15.4. The van der Waals surface area contributed by atoms with E-state index < -0.39 is 9.84 Å². The van der Waals surface area contributed by atoms with Gasteiger partial charge in [0.25, 0.3) is 5.91 Å². The molecule has 0 unspecified atom stereocenters. The fourth-order valence-corrected chi connectivity index (χ4v) is 5.45.